The highest BCUT2D eigenvalue weighted by molar-refractivity contribution is 5.87. The lowest BCUT2D eigenvalue weighted by Crippen LogP contribution is -2.33. The van der Waals surface area contributed by atoms with E-state index in [1.54, 1.807) is 31.3 Å². The molecule has 1 aliphatic rings. The summed E-state index contributed by atoms with van der Waals surface area (Å²) in [6.07, 6.45) is 3.39. The maximum atomic E-state index is 12.3. The number of carbonyl (C=O) groups excluding carboxylic acids is 1. The molecular weight excluding hydrogens is 310 g/mol. The van der Waals surface area contributed by atoms with Gasteiger partial charge in [0.2, 0.25) is 5.88 Å². The van der Waals surface area contributed by atoms with E-state index in [0.29, 0.717) is 17.1 Å². The van der Waals surface area contributed by atoms with Crippen molar-refractivity contribution in [3.8, 4) is 5.88 Å². The Bertz CT molecular complexity index is 883. The Morgan fingerprint density at radius 3 is 2.88 bits per heavy atom. The molecule has 0 radical (unpaired) electrons. The van der Waals surface area contributed by atoms with Crippen molar-refractivity contribution in [2.45, 2.75) is 26.4 Å². The predicted octanol–water partition coefficient (Wildman–Crippen LogP) is 1.88. The molecule has 124 valence electrons. The Hall–Kier alpha value is -2.96. The second-order valence-electron chi connectivity index (χ2n) is 5.78. The number of carbonyl (C=O) groups is 1. The van der Waals surface area contributed by atoms with Crippen LogP contribution in [-0.2, 0) is 4.74 Å². The first-order valence-corrected chi connectivity index (χ1v) is 7.56. The number of aromatic nitrogens is 3. The van der Waals surface area contributed by atoms with Gasteiger partial charge in [0.15, 0.2) is 5.69 Å². The van der Waals surface area contributed by atoms with E-state index in [-0.39, 0.29) is 17.9 Å². The van der Waals surface area contributed by atoms with Crippen molar-refractivity contribution in [1.82, 2.24) is 14.8 Å². The van der Waals surface area contributed by atoms with Crippen molar-refractivity contribution in [3.05, 3.63) is 58.1 Å². The zero-order valence-electron chi connectivity index (χ0n) is 13.6. The third-order valence-corrected chi connectivity index (χ3v) is 3.40. The average molecular weight is 327 g/mol. The van der Waals surface area contributed by atoms with Gasteiger partial charge in [-0.2, -0.15) is 9.78 Å². The van der Waals surface area contributed by atoms with E-state index < -0.39 is 11.6 Å². The zero-order chi connectivity index (χ0) is 17.3. The highest BCUT2D eigenvalue weighted by Gasteiger charge is 2.29. The van der Waals surface area contributed by atoms with Gasteiger partial charge < -0.3 is 9.47 Å². The number of ether oxygens (including phenoxy) is 2. The molecule has 2 aromatic heterocycles. The number of esters is 1. The number of rotatable bonds is 3. The van der Waals surface area contributed by atoms with Crippen LogP contribution in [0.4, 0.5) is 0 Å². The lowest BCUT2D eigenvalue weighted by Gasteiger charge is -2.29. The lowest BCUT2D eigenvalue weighted by molar-refractivity contribution is 0.0517. The normalized spacial score (nSPS) is 15.0. The van der Waals surface area contributed by atoms with Gasteiger partial charge in [-0.15, -0.1) is 0 Å². The summed E-state index contributed by atoms with van der Waals surface area (Å²) in [7, 11) is 0. The van der Waals surface area contributed by atoms with Crippen molar-refractivity contribution in [1.29, 1.82) is 0 Å². The van der Waals surface area contributed by atoms with Crippen LogP contribution in [0.1, 0.15) is 36.8 Å². The molecule has 0 aliphatic carbocycles. The Balaban J connectivity index is 2.17. The van der Waals surface area contributed by atoms with Crippen LogP contribution in [0, 0.1) is 0 Å². The fraction of sp³-hybridized carbons (Fsp3) is 0.294. The first-order valence-electron chi connectivity index (χ1n) is 7.56. The summed E-state index contributed by atoms with van der Waals surface area (Å²) in [6, 6.07) is 6.17. The van der Waals surface area contributed by atoms with Gasteiger partial charge in [-0.1, -0.05) is 0 Å². The van der Waals surface area contributed by atoms with E-state index in [4.69, 9.17) is 9.47 Å². The number of hydrogen-bond acceptors (Lipinski definition) is 6. The predicted molar refractivity (Wildman–Crippen MR) is 86.8 cm³/mol. The highest BCUT2D eigenvalue weighted by atomic mass is 16.5. The summed E-state index contributed by atoms with van der Waals surface area (Å²) in [6.45, 7) is 5.64. The standard InChI is InChI=1S/C17H17N3O4/c1-4-23-16(22)12-7-8-14(21)20(19-12)13-10-17(2,3)24-15-11(13)6-5-9-18-15/h5-10H,4H2,1-3H3. The molecule has 0 atom stereocenters. The maximum Gasteiger partial charge on any atom is 0.358 e. The molecule has 24 heavy (non-hydrogen) atoms. The zero-order valence-corrected chi connectivity index (χ0v) is 13.6. The Morgan fingerprint density at radius 2 is 2.12 bits per heavy atom. The van der Waals surface area contributed by atoms with Gasteiger partial charge in [-0.3, -0.25) is 4.79 Å². The van der Waals surface area contributed by atoms with Gasteiger partial charge in [0.05, 0.1) is 17.9 Å². The second kappa shape index (κ2) is 5.92. The summed E-state index contributed by atoms with van der Waals surface area (Å²) >= 11 is 0. The monoisotopic (exact) mass is 327 g/mol. The molecular formula is C17H17N3O4. The molecule has 0 aromatic carbocycles. The third-order valence-electron chi connectivity index (χ3n) is 3.40. The largest absolute Gasteiger partial charge is 0.467 e. The molecule has 1 aliphatic heterocycles. The van der Waals surface area contributed by atoms with E-state index in [9.17, 15) is 9.59 Å². The van der Waals surface area contributed by atoms with Crippen LogP contribution in [0.2, 0.25) is 0 Å². The average Bonchev–Trinajstić information content (AvgIpc) is 2.54. The fourth-order valence-electron chi connectivity index (χ4n) is 2.43. The molecule has 3 heterocycles. The number of hydrogen-bond donors (Lipinski definition) is 0. The van der Waals surface area contributed by atoms with Crippen LogP contribution in [-0.4, -0.2) is 32.9 Å². The maximum absolute atomic E-state index is 12.3. The molecule has 0 saturated heterocycles. The fourth-order valence-corrected chi connectivity index (χ4v) is 2.43. The van der Waals surface area contributed by atoms with Gasteiger partial charge in [-0.05, 0) is 45.0 Å². The van der Waals surface area contributed by atoms with Crippen LogP contribution < -0.4 is 10.3 Å². The van der Waals surface area contributed by atoms with Crippen LogP contribution in [0.5, 0.6) is 5.88 Å². The van der Waals surface area contributed by atoms with E-state index in [2.05, 4.69) is 10.1 Å². The SMILES string of the molecule is CCOC(=O)c1ccc(=O)n(C2=CC(C)(C)Oc3ncccc32)n1. The van der Waals surface area contributed by atoms with Gasteiger partial charge >= 0.3 is 5.97 Å². The molecule has 0 N–H and O–H groups in total. The van der Waals surface area contributed by atoms with Crippen LogP contribution in [0.25, 0.3) is 5.70 Å². The van der Waals surface area contributed by atoms with Gasteiger partial charge in [-0.25, -0.2) is 9.78 Å². The molecule has 0 bridgehead atoms. The molecule has 7 heteroatoms. The number of nitrogens with zero attached hydrogens (tertiary/aromatic N) is 3. The van der Waals surface area contributed by atoms with Gasteiger partial charge in [0, 0.05) is 12.3 Å². The number of fused-ring (bicyclic) bond motifs is 1. The molecule has 3 rings (SSSR count). The van der Waals surface area contributed by atoms with Crippen LogP contribution in [0.3, 0.4) is 0 Å². The van der Waals surface area contributed by atoms with Gasteiger partial charge in [0.25, 0.3) is 5.56 Å². The molecule has 0 fully saturated rings. The molecule has 0 saturated carbocycles. The summed E-state index contributed by atoms with van der Waals surface area (Å²) in [5, 5.41) is 4.16. The number of pyridine rings is 1. The summed E-state index contributed by atoms with van der Waals surface area (Å²) in [4.78, 5) is 28.4. The van der Waals surface area contributed by atoms with Crippen molar-refractivity contribution < 1.29 is 14.3 Å². The molecule has 7 nitrogen and oxygen atoms in total. The van der Waals surface area contributed by atoms with Crippen molar-refractivity contribution >= 4 is 11.7 Å². The smallest absolute Gasteiger partial charge is 0.358 e. The van der Waals surface area contributed by atoms with E-state index >= 15 is 0 Å². The second-order valence-corrected chi connectivity index (χ2v) is 5.78. The molecule has 2 aromatic rings. The quantitative estimate of drug-likeness (QED) is 0.800. The third kappa shape index (κ3) is 2.92. The summed E-state index contributed by atoms with van der Waals surface area (Å²) in [5.74, 6) is -0.167. The Labute approximate surface area is 138 Å². The Morgan fingerprint density at radius 1 is 1.33 bits per heavy atom. The van der Waals surface area contributed by atoms with Crippen LogP contribution in [0.15, 0.2) is 41.3 Å². The van der Waals surface area contributed by atoms with Crippen molar-refractivity contribution in [3.63, 3.8) is 0 Å². The lowest BCUT2D eigenvalue weighted by atomic mass is 10.0. The minimum atomic E-state index is -0.669. The summed E-state index contributed by atoms with van der Waals surface area (Å²) < 4.78 is 11.9. The van der Waals surface area contributed by atoms with E-state index in [1.807, 2.05) is 13.8 Å². The highest BCUT2D eigenvalue weighted by Crippen LogP contribution is 2.33. The molecule has 0 amide bonds. The van der Waals surface area contributed by atoms with Crippen molar-refractivity contribution in [2.75, 3.05) is 6.61 Å². The molecule has 0 unspecified atom stereocenters. The topological polar surface area (TPSA) is 83.3 Å². The minimum Gasteiger partial charge on any atom is -0.467 e. The summed E-state index contributed by atoms with van der Waals surface area (Å²) in [5.41, 5.74) is 0.185. The minimum absolute atomic E-state index is 0.0621. The van der Waals surface area contributed by atoms with E-state index in [1.165, 1.54) is 16.8 Å². The molecule has 0 spiro atoms. The van der Waals surface area contributed by atoms with E-state index in [0.717, 1.165) is 0 Å². The van der Waals surface area contributed by atoms with Crippen LogP contribution >= 0.6 is 0 Å². The van der Waals surface area contributed by atoms with Gasteiger partial charge in [0.1, 0.15) is 5.60 Å². The Kier molecular flexibility index (Phi) is 3.92. The first kappa shape index (κ1) is 15.9. The first-order chi connectivity index (χ1) is 11.4. The van der Waals surface area contributed by atoms with Crippen molar-refractivity contribution in [2.24, 2.45) is 0 Å².